The first-order chi connectivity index (χ1) is 12.8. The first-order valence-corrected chi connectivity index (χ1v) is 7.89. The smallest absolute Gasteiger partial charge is 0.422 e. The predicted octanol–water partition coefficient (Wildman–Crippen LogP) is 2.78. The maximum Gasteiger partial charge on any atom is 0.422 e. The number of hydrogen-bond donors (Lipinski definition) is 1. The van der Waals surface area contributed by atoms with Crippen LogP contribution in [-0.2, 0) is 11.2 Å². The largest absolute Gasteiger partial charge is 0.468 e. The van der Waals surface area contributed by atoms with Gasteiger partial charge >= 0.3 is 12.1 Å². The average Bonchev–Trinajstić information content (AvgIpc) is 2.66. The van der Waals surface area contributed by atoms with Crippen molar-refractivity contribution in [3.8, 4) is 5.88 Å². The Bertz CT molecular complexity index is 775. The average molecular weight is 382 g/mol. The second-order valence-electron chi connectivity index (χ2n) is 5.48. The van der Waals surface area contributed by atoms with Gasteiger partial charge in [0, 0.05) is 18.8 Å². The van der Waals surface area contributed by atoms with Gasteiger partial charge in [-0.2, -0.15) is 13.2 Å². The van der Waals surface area contributed by atoms with E-state index in [1.807, 2.05) is 0 Å². The van der Waals surface area contributed by atoms with Gasteiger partial charge in [0.2, 0.25) is 5.88 Å². The quantitative estimate of drug-likeness (QED) is 0.745. The lowest BCUT2D eigenvalue weighted by molar-refractivity contribution is -0.154. The molecular weight excluding hydrogens is 365 g/mol. The van der Waals surface area contributed by atoms with Gasteiger partial charge in [0.05, 0.1) is 18.2 Å². The third-order valence-corrected chi connectivity index (χ3v) is 3.46. The van der Waals surface area contributed by atoms with E-state index >= 15 is 0 Å². The van der Waals surface area contributed by atoms with E-state index in [-0.39, 0.29) is 11.4 Å². The number of carbonyl (C=O) groups is 2. The van der Waals surface area contributed by atoms with Gasteiger partial charge in [0.1, 0.15) is 0 Å². The number of carbonyl (C=O) groups excluding carboxylic acids is 2. The second kappa shape index (κ2) is 9.02. The molecule has 0 spiro atoms. The highest BCUT2D eigenvalue weighted by Gasteiger charge is 2.28. The van der Waals surface area contributed by atoms with Crippen LogP contribution >= 0.6 is 0 Å². The van der Waals surface area contributed by atoms with Gasteiger partial charge in [0.15, 0.2) is 6.61 Å². The van der Waals surface area contributed by atoms with Crippen LogP contribution in [0.25, 0.3) is 0 Å². The van der Waals surface area contributed by atoms with Crippen molar-refractivity contribution in [1.82, 2.24) is 10.3 Å². The van der Waals surface area contributed by atoms with E-state index < -0.39 is 24.7 Å². The van der Waals surface area contributed by atoms with E-state index in [4.69, 9.17) is 0 Å². The number of alkyl halides is 3. The third kappa shape index (κ3) is 6.61. The van der Waals surface area contributed by atoms with Crippen LogP contribution in [0.15, 0.2) is 42.6 Å². The number of ether oxygens (including phenoxy) is 2. The minimum atomic E-state index is -4.45. The Hall–Kier alpha value is -3.10. The van der Waals surface area contributed by atoms with Crippen LogP contribution in [0.3, 0.4) is 0 Å². The monoisotopic (exact) mass is 382 g/mol. The van der Waals surface area contributed by atoms with Gasteiger partial charge in [0.25, 0.3) is 5.91 Å². The lowest BCUT2D eigenvalue weighted by Gasteiger charge is -2.09. The molecule has 2 aromatic rings. The van der Waals surface area contributed by atoms with Gasteiger partial charge in [-0.15, -0.1) is 0 Å². The fraction of sp³-hybridized carbons (Fsp3) is 0.278. The van der Waals surface area contributed by atoms with E-state index in [9.17, 15) is 22.8 Å². The fourth-order valence-corrected chi connectivity index (χ4v) is 2.10. The van der Waals surface area contributed by atoms with Crippen LogP contribution in [0.4, 0.5) is 13.2 Å². The summed E-state index contributed by atoms with van der Waals surface area (Å²) in [5, 5.41) is 2.68. The number of nitrogens with one attached hydrogen (secondary N) is 1. The third-order valence-electron chi connectivity index (χ3n) is 3.46. The molecule has 0 saturated heterocycles. The van der Waals surface area contributed by atoms with Crippen LogP contribution < -0.4 is 10.1 Å². The lowest BCUT2D eigenvalue weighted by Crippen LogP contribution is -2.26. The van der Waals surface area contributed by atoms with Crippen LogP contribution in [0.2, 0.25) is 0 Å². The molecule has 1 aromatic carbocycles. The Labute approximate surface area is 153 Å². The van der Waals surface area contributed by atoms with E-state index in [1.54, 1.807) is 24.3 Å². The molecule has 0 aliphatic rings. The molecule has 0 unspecified atom stereocenters. The molecule has 1 amide bonds. The Morgan fingerprint density at radius 1 is 1.07 bits per heavy atom. The molecular formula is C18H17F3N2O4. The van der Waals surface area contributed by atoms with Crippen LogP contribution in [0.1, 0.15) is 26.3 Å². The molecule has 0 radical (unpaired) electrons. The number of amides is 1. The zero-order valence-electron chi connectivity index (χ0n) is 14.4. The van der Waals surface area contributed by atoms with E-state index in [2.05, 4.69) is 19.8 Å². The molecule has 0 aliphatic heterocycles. The zero-order valence-corrected chi connectivity index (χ0v) is 14.4. The summed E-state index contributed by atoms with van der Waals surface area (Å²) in [7, 11) is 1.30. The van der Waals surface area contributed by atoms with Crippen molar-refractivity contribution in [2.45, 2.75) is 12.6 Å². The summed E-state index contributed by atoms with van der Waals surface area (Å²) >= 11 is 0. The summed E-state index contributed by atoms with van der Waals surface area (Å²) in [5.74, 6) is -1.05. The SMILES string of the molecule is COC(=O)c1ccc(CCNC(=O)c2ccc(OCC(F)(F)F)nc2)cc1. The second-order valence-corrected chi connectivity index (χ2v) is 5.48. The fourth-order valence-electron chi connectivity index (χ4n) is 2.10. The Morgan fingerprint density at radius 2 is 1.74 bits per heavy atom. The van der Waals surface area contributed by atoms with E-state index in [1.165, 1.54) is 19.2 Å². The van der Waals surface area contributed by atoms with Crippen molar-refractivity contribution in [1.29, 1.82) is 0 Å². The molecule has 144 valence electrons. The van der Waals surface area contributed by atoms with Gasteiger partial charge in [-0.05, 0) is 30.2 Å². The van der Waals surface area contributed by atoms with Gasteiger partial charge in [-0.3, -0.25) is 4.79 Å². The first kappa shape index (κ1) is 20.2. The van der Waals surface area contributed by atoms with Crippen molar-refractivity contribution in [2.24, 2.45) is 0 Å². The Morgan fingerprint density at radius 3 is 2.30 bits per heavy atom. The van der Waals surface area contributed by atoms with Crippen LogP contribution in [0, 0.1) is 0 Å². The van der Waals surface area contributed by atoms with Gasteiger partial charge in [-0.1, -0.05) is 12.1 Å². The number of aromatic nitrogens is 1. The number of benzene rings is 1. The molecule has 6 nitrogen and oxygen atoms in total. The van der Waals surface area contributed by atoms with Crippen molar-refractivity contribution < 1.29 is 32.2 Å². The Balaban J connectivity index is 1.80. The lowest BCUT2D eigenvalue weighted by atomic mass is 10.1. The maximum atomic E-state index is 12.1. The van der Waals surface area contributed by atoms with Crippen molar-refractivity contribution in [3.63, 3.8) is 0 Å². The highest BCUT2D eigenvalue weighted by atomic mass is 19.4. The molecule has 9 heteroatoms. The zero-order chi connectivity index (χ0) is 19.9. The summed E-state index contributed by atoms with van der Waals surface area (Å²) in [5.41, 5.74) is 1.55. The van der Waals surface area contributed by atoms with E-state index in [0.29, 0.717) is 18.5 Å². The number of methoxy groups -OCH3 is 1. The number of pyridine rings is 1. The van der Waals surface area contributed by atoms with Gasteiger partial charge in [-0.25, -0.2) is 9.78 Å². The highest BCUT2D eigenvalue weighted by Crippen LogP contribution is 2.17. The molecule has 0 bridgehead atoms. The summed E-state index contributed by atoms with van der Waals surface area (Å²) < 4.78 is 45.3. The molecule has 1 N–H and O–H groups in total. The number of hydrogen-bond acceptors (Lipinski definition) is 5. The van der Waals surface area contributed by atoms with E-state index in [0.717, 1.165) is 11.8 Å². The molecule has 0 atom stereocenters. The minimum Gasteiger partial charge on any atom is -0.468 e. The summed E-state index contributed by atoms with van der Waals surface area (Å²) in [6.45, 7) is -1.11. The minimum absolute atomic E-state index is 0.204. The van der Waals surface area contributed by atoms with Crippen LogP contribution in [0.5, 0.6) is 5.88 Å². The standard InChI is InChI=1S/C18H17F3N2O4/c1-26-17(25)13-4-2-12(3-5-13)8-9-22-16(24)14-6-7-15(23-10-14)27-11-18(19,20)21/h2-7,10H,8-9,11H2,1H3,(H,22,24). The Kier molecular flexibility index (Phi) is 6.75. The topological polar surface area (TPSA) is 77.5 Å². The maximum absolute atomic E-state index is 12.1. The predicted molar refractivity (Wildman–Crippen MR) is 89.6 cm³/mol. The molecule has 1 aromatic heterocycles. The normalized spacial score (nSPS) is 11.0. The van der Waals surface area contributed by atoms with Crippen molar-refractivity contribution in [2.75, 3.05) is 20.3 Å². The summed E-state index contributed by atoms with van der Waals surface area (Å²) in [4.78, 5) is 27.0. The molecule has 27 heavy (non-hydrogen) atoms. The molecule has 0 fully saturated rings. The highest BCUT2D eigenvalue weighted by molar-refractivity contribution is 5.93. The molecule has 0 saturated carbocycles. The summed E-state index contributed by atoms with van der Waals surface area (Å²) in [6.07, 6.45) is -2.77. The number of esters is 1. The molecule has 2 rings (SSSR count). The van der Waals surface area contributed by atoms with Crippen molar-refractivity contribution in [3.05, 3.63) is 59.3 Å². The molecule has 1 heterocycles. The van der Waals surface area contributed by atoms with Gasteiger partial charge < -0.3 is 14.8 Å². The molecule has 0 aliphatic carbocycles. The van der Waals surface area contributed by atoms with Crippen LogP contribution in [-0.4, -0.2) is 43.3 Å². The van der Waals surface area contributed by atoms with Crippen molar-refractivity contribution >= 4 is 11.9 Å². The number of halogens is 3. The number of nitrogens with zero attached hydrogens (tertiary/aromatic N) is 1. The summed E-state index contributed by atoms with van der Waals surface area (Å²) in [6, 6.07) is 9.31. The first-order valence-electron chi connectivity index (χ1n) is 7.89. The number of rotatable bonds is 7.